The summed E-state index contributed by atoms with van der Waals surface area (Å²) in [6, 6.07) is 1.01. The molecule has 3 nitrogen and oxygen atoms in total. The van der Waals surface area contributed by atoms with E-state index in [1.165, 1.54) is 0 Å². The van der Waals surface area contributed by atoms with E-state index in [4.69, 9.17) is 15.2 Å². The van der Waals surface area contributed by atoms with E-state index >= 15 is 0 Å². The molecule has 4 heteroatoms. The van der Waals surface area contributed by atoms with Crippen molar-refractivity contribution in [3.63, 3.8) is 0 Å². The number of hydrogen-bond acceptors (Lipinski definition) is 3. The molecule has 0 rings (SSSR count). The van der Waals surface area contributed by atoms with Gasteiger partial charge in [0.2, 0.25) is 0 Å². The van der Waals surface area contributed by atoms with Gasteiger partial charge in [0.25, 0.3) is 0 Å². The van der Waals surface area contributed by atoms with Crippen LogP contribution in [0.15, 0.2) is 0 Å². The van der Waals surface area contributed by atoms with Crippen molar-refractivity contribution in [3.8, 4) is 0 Å². The maximum absolute atomic E-state index is 5.39. The van der Waals surface area contributed by atoms with Gasteiger partial charge in [-0.1, -0.05) is 19.6 Å². The van der Waals surface area contributed by atoms with Crippen molar-refractivity contribution in [2.45, 2.75) is 38.9 Å². The maximum Gasteiger partial charge on any atom is 0.156 e. The van der Waals surface area contributed by atoms with Crippen LogP contribution in [0, 0.1) is 0 Å². The normalized spacial score (nSPS) is 14.8. The van der Waals surface area contributed by atoms with Gasteiger partial charge in [0, 0.05) is 14.7 Å². The van der Waals surface area contributed by atoms with Crippen molar-refractivity contribution < 1.29 is 9.47 Å². The van der Waals surface area contributed by atoms with Crippen molar-refractivity contribution in [2.75, 3.05) is 13.3 Å². The Kier molecular flexibility index (Phi) is 5.74. The van der Waals surface area contributed by atoms with E-state index in [0.717, 1.165) is 6.04 Å². The molecule has 0 heterocycles. The van der Waals surface area contributed by atoms with Crippen LogP contribution < -0.4 is 5.73 Å². The molecule has 0 aliphatic heterocycles. The number of ether oxygens (including phenoxy) is 2. The Balaban J connectivity index is 3.77. The van der Waals surface area contributed by atoms with E-state index in [0.29, 0.717) is 6.61 Å². The lowest BCUT2D eigenvalue weighted by molar-refractivity contribution is -0.125. The molecule has 0 spiro atoms. The Labute approximate surface area is 76.2 Å². The van der Waals surface area contributed by atoms with E-state index in [-0.39, 0.29) is 13.0 Å². The molecule has 1 unspecified atom stereocenters. The van der Waals surface area contributed by atoms with Crippen LogP contribution in [0.3, 0.4) is 0 Å². The molecular weight excluding hydrogens is 170 g/mol. The molecule has 0 aromatic heterocycles. The predicted octanol–water partition coefficient (Wildman–Crippen LogP) is 1.62. The van der Waals surface area contributed by atoms with E-state index in [1.807, 2.05) is 6.92 Å². The van der Waals surface area contributed by atoms with Crippen LogP contribution in [0.5, 0.6) is 0 Å². The molecule has 0 bridgehead atoms. The third kappa shape index (κ3) is 6.79. The lowest BCUT2D eigenvalue weighted by Gasteiger charge is -2.23. The Hall–Kier alpha value is 0.0969. The fourth-order valence-electron chi connectivity index (χ4n) is 0.959. The summed E-state index contributed by atoms with van der Waals surface area (Å²) >= 11 is 0. The number of nitrogens with two attached hydrogens (primary N) is 1. The molecule has 12 heavy (non-hydrogen) atoms. The standard InChI is InChI=1S/C8H21NO2Si/c1-5-10-8(11-7-9)6-12(2,3)4/h8H,5-7,9H2,1-4H3. The Bertz CT molecular complexity index is 108. The summed E-state index contributed by atoms with van der Waals surface area (Å²) in [6.07, 6.45) is -0.0910. The first-order chi connectivity index (χ1) is 5.49. The van der Waals surface area contributed by atoms with Gasteiger partial charge in [-0.15, -0.1) is 0 Å². The summed E-state index contributed by atoms with van der Waals surface area (Å²) in [5, 5.41) is 0. The lowest BCUT2D eigenvalue weighted by atomic mass is 10.7. The van der Waals surface area contributed by atoms with Gasteiger partial charge in [-0.2, -0.15) is 0 Å². The minimum Gasteiger partial charge on any atom is -0.353 e. The third-order valence-electron chi connectivity index (χ3n) is 1.41. The quantitative estimate of drug-likeness (QED) is 0.512. The maximum atomic E-state index is 5.39. The average molecular weight is 191 g/mol. The second kappa shape index (κ2) is 5.69. The predicted molar refractivity (Wildman–Crippen MR) is 53.7 cm³/mol. The van der Waals surface area contributed by atoms with Crippen LogP contribution in [-0.4, -0.2) is 27.7 Å². The molecule has 2 N–H and O–H groups in total. The second-order valence-electron chi connectivity index (χ2n) is 3.98. The van der Waals surface area contributed by atoms with E-state index < -0.39 is 8.07 Å². The molecule has 74 valence electrons. The van der Waals surface area contributed by atoms with E-state index in [1.54, 1.807) is 0 Å². The summed E-state index contributed by atoms with van der Waals surface area (Å²) in [7, 11) is -1.10. The summed E-state index contributed by atoms with van der Waals surface area (Å²) in [5.41, 5.74) is 5.29. The molecule has 0 amide bonds. The van der Waals surface area contributed by atoms with Crippen molar-refractivity contribution in [1.29, 1.82) is 0 Å². The zero-order valence-electron chi connectivity index (χ0n) is 8.59. The molecular formula is C8H21NO2Si. The van der Waals surface area contributed by atoms with Crippen LogP contribution in [0.25, 0.3) is 0 Å². The van der Waals surface area contributed by atoms with Gasteiger partial charge in [-0.25, -0.2) is 0 Å². The Morgan fingerprint density at radius 3 is 2.17 bits per heavy atom. The summed E-state index contributed by atoms with van der Waals surface area (Å²) in [5.74, 6) is 0. The first-order valence-corrected chi connectivity index (χ1v) is 8.13. The van der Waals surface area contributed by atoms with Crippen molar-refractivity contribution in [3.05, 3.63) is 0 Å². The topological polar surface area (TPSA) is 44.5 Å². The molecule has 0 aromatic rings. The molecule has 1 atom stereocenters. The summed E-state index contributed by atoms with van der Waals surface area (Å²) < 4.78 is 10.6. The highest BCUT2D eigenvalue weighted by molar-refractivity contribution is 6.76. The smallest absolute Gasteiger partial charge is 0.156 e. The molecule has 0 radical (unpaired) electrons. The van der Waals surface area contributed by atoms with Crippen LogP contribution in [-0.2, 0) is 9.47 Å². The molecule has 0 aliphatic carbocycles. The average Bonchev–Trinajstić information content (AvgIpc) is 1.84. The minimum atomic E-state index is -1.10. The first kappa shape index (κ1) is 12.1. The number of hydrogen-bond donors (Lipinski definition) is 1. The van der Waals surface area contributed by atoms with Gasteiger partial charge >= 0.3 is 0 Å². The van der Waals surface area contributed by atoms with Crippen molar-refractivity contribution >= 4 is 8.07 Å². The third-order valence-corrected chi connectivity index (χ3v) is 2.97. The molecule has 0 fully saturated rings. The molecule has 0 aliphatic rings. The molecule has 0 saturated carbocycles. The number of rotatable bonds is 6. The monoisotopic (exact) mass is 191 g/mol. The Morgan fingerprint density at radius 2 is 1.83 bits per heavy atom. The first-order valence-electron chi connectivity index (χ1n) is 4.43. The summed E-state index contributed by atoms with van der Waals surface area (Å²) in [4.78, 5) is 0. The van der Waals surface area contributed by atoms with Gasteiger partial charge in [0.05, 0.1) is 6.73 Å². The largest absolute Gasteiger partial charge is 0.353 e. The highest BCUT2D eigenvalue weighted by Crippen LogP contribution is 2.14. The van der Waals surface area contributed by atoms with E-state index in [2.05, 4.69) is 19.6 Å². The van der Waals surface area contributed by atoms with Crippen LogP contribution in [0.2, 0.25) is 25.7 Å². The summed E-state index contributed by atoms with van der Waals surface area (Å²) in [6.45, 7) is 9.78. The lowest BCUT2D eigenvalue weighted by Crippen LogP contribution is -2.31. The fourth-order valence-corrected chi connectivity index (χ4v) is 2.19. The molecule has 0 saturated heterocycles. The van der Waals surface area contributed by atoms with Gasteiger partial charge in [-0.05, 0) is 13.0 Å². The van der Waals surface area contributed by atoms with Crippen LogP contribution in [0.4, 0.5) is 0 Å². The fraction of sp³-hybridized carbons (Fsp3) is 1.00. The second-order valence-corrected chi connectivity index (χ2v) is 9.51. The van der Waals surface area contributed by atoms with Gasteiger partial charge < -0.3 is 15.2 Å². The Morgan fingerprint density at radius 1 is 1.25 bits per heavy atom. The SMILES string of the molecule is CCOC(C[Si](C)(C)C)OCN. The van der Waals surface area contributed by atoms with Crippen LogP contribution in [0.1, 0.15) is 6.92 Å². The van der Waals surface area contributed by atoms with Crippen molar-refractivity contribution in [2.24, 2.45) is 5.73 Å². The van der Waals surface area contributed by atoms with E-state index in [9.17, 15) is 0 Å². The van der Waals surface area contributed by atoms with Crippen LogP contribution >= 0.6 is 0 Å². The minimum absolute atomic E-state index is 0.0910. The molecule has 0 aromatic carbocycles. The zero-order chi connectivity index (χ0) is 9.61. The van der Waals surface area contributed by atoms with Gasteiger partial charge in [0.15, 0.2) is 6.29 Å². The van der Waals surface area contributed by atoms with Crippen molar-refractivity contribution in [1.82, 2.24) is 0 Å². The highest BCUT2D eigenvalue weighted by Gasteiger charge is 2.20. The highest BCUT2D eigenvalue weighted by atomic mass is 28.3. The van der Waals surface area contributed by atoms with Gasteiger partial charge in [0.1, 0.15) is 0 Å². The van der Waals surface area contributed by atoms with Gasteiger partial charge in [-0.3, -0.25) is 0 Å². The zero-order valence-corrected chi connectivity index (χ0v) is 9.59.